The van der Waals surface area contributed by atoms with Crippen molar-refractivity contribution >= 4 is 11.9 Å². The first kappa shape index (κ1) is 17.4. The number of carbonyl (C=O) groups excluding carboxylic acids is 1. The number of nitrogens with zero attached hydrogens (tertiary/aromatic N) is 2. The monoisotopic (exact) mass is 319 g/mol. The van der Waals surface area contributed by atoms with Crippen molar-refractivity contribution in [2.45, 2.75) is 25.9 Å². The predicted octanol–water partition coefficient (Wildman–Crippen LogP) is 0.784. The van der Waals surface area contributed by atoms with Crippen LogP contribution in [0, 0.1) is 0 Å². The van der Waals surface area contributed by atoms with Crippen molar-refractivity contribution in [2.75, 3.05) is 32.7 Å². The van der Waals surface area contributed by atoms with Crippen LogP contribution in [0.1, 0.15) is 18.9 Å². The highest BCUT2D eigenvalue weighted by molar-refractivity contribution is 5.82. The third-order valence-corrected chi connectivity index (χ3v) is 4.19. The number of benzene rings is 1. The molecular weight excluding hydrogens is 294 g/mol. The van der Waals surface area contributed by atoms with Crippen molar-refractivity contribution in [3.05, 3.63) is 35.9 Å². The molecule has 1 fully saturated rings. The minimum Gasteiger partial charge on any atom is -0.480 e. The Labute approximate surface area is 137 Å². The summed E-state index contributed by atoms with van der Waals surface area (Å²) in [7, 11) is 0. The van der Waals surface area contributed by atoms with Crippen LogP contribution in [0.25, 0.3) is 0 Å². The van der Waals surface area contributed by atoms with E-state index in [2.05, 4.69) is 46.3 Å². The lowest BCUT2D eigenvalue weighted by Crippen LogP contribution is -2.54. The molecule has 0 spiro atoms. The lowest BCUT2D eigenvalue weighted by molar-refractivity contribution is -0.138. The summed E-state index contributed by atoms with van der Waals surface area (Å²) in [5, 5.41) is 11.0. The number of nitrogens with one attached hydrogen (secondary N) is 1. The number of carbonyl (C=O) groups is 2. The minimum absolute atomic E-state index is 0.223. The number of carboxylic acids is 1. The van der Waals surface area contributed by atoms with Gasteiger partial charge in [-0.15, -0.1) is 0 Å². The zero-order chi connectivity index (χ0) is 16.7. The van der Waals surface area contributed by atoms with E-state index in [0.717, 1.165) is 32.6 Å². The molecule has 1 amide bonds. The number of rotatable bonds is 7. The first-order valence-electron chi connectivity index (χ1n) is 8.07. The normalized spacial score (nSPS) is 19.4. The van der Waals surface area contributed by atoms with Gasteiger partial charge in [0.2, 0.25) is 5.91 Å². The molecule has 0 saturated carbocycles. The SMILES string of the molecule is CCC1CN(CC(=O)NCC(=O)O)CCN1Cc1ccccc1. The summed E-state index contributed by atoms with van der Waals surface area (Å²) in [6.45, 7) is 5.62. The Morgan fingerprint density at radius 2 is 2.00 bits per heavy atom. The molecule has 0 aliphatic carbocycles. The van der Waals surface area contributed by atoms with E-state index in [1.54, 1.807) is 0 Å². The van der Waals surface area contributed by atoms with E-state index in [4.69, 9.17) is 5.11 Å². The van der Waals surface area contributed by atoms with Gasteiger partial charge >= 0.3 is 5.97 Å². The Morgan fingerprint density at radius 3 is 2.65 bits per heavy atom. The molecule has 1 aromatic carbocycles. The van der Waals surface area contributed by atoms with Crippen LogP contribution in [0.4, 0.5) is 0 Å². The zero-order valence-electron chi connectivity index (χ0n) is 13.6. The van der Waals surface area contributed by atoms with Crippen LogP contribution < -0.4 is 5.32 Å². The highest BCUT2D eigenvalue weighted by Gasteiger charge is 2.26. The molecule has 1 atom stereocenters. The van der Waals surface area contributed by atoms with E-state index in [1.165, 1.54) is 5.56 Å². The van der Waals surface area contributed by atoms with E-state index < -0.39 is 5.97 Å². The highest BCUT2D eigenvalue weighted by atomic mass is 16.4. The lowest BCUT2D eigenvalue weighted by Gasteiger charge is -2.41. The van der Waals surface area contributed by atoms with Crippen LogP contribution in [0.3, 0.4) is 0 Å². The molecule has 1 unspecified atom stereocenters. The Hall–Kier alpha value is -1.92. The van der Waals surface area contributed by atoms with E-state index in [-0.39, 0.29) is 19.0 Å². The number of piperazine rings is 1. The lowest BCUT2D eigenvalue weighted by atomic mass is 10.1. The topological polar surface area (TPSA) is 72.9 Å². The number of hydrogen-bond acceptors (Lipinski definition) is 4. The summed E-state index contributed by atoms with van der Waals surface area (Å²) in [4.78, 5) is 26.8. The summed E-state index contributed by atoms with van der Waals surface area (Å²) in [6, 6.07) is 10.8. The van der Waals surface area contributed by atoms with Gasteiger partial charge in [0, 0.05) is 32.2 Å². The summed E-state index contributed by atoms with van der Waals surface area (Å²) in [5.74, 6) is -1.24. The molecule has 2 N–H and O–H groups in total. The van der Waals surface area contributed by atoms with E-state index in [9.17, 15) is 9.59 Å². The van der Waals surface area contributed by atoms with Gasteiger partial charge in [0.25, 0.3) is 0 Å². The first-order valence-corrected chi connectivity index (χ1v) is 8.07. The molecule has 1 saturated heterocycles. The van der Waals surface area contributed by atoms with Gasteiger partial charge < -0.3 is 10.4 Å². The van der Waals surface area contributed by atoms with Crippen LogP contribution in [0.2, 0.25) is 0 Å². The summed E-state index contributed by atoms with van der Waals surface area (Å²) >= 11 is 0. The largest absolute Gasteiger partial charge is 0.480 e. The number of amides is 1. The third kappa shape index (κ3) is 5.65. The van der Waals surface area contributed by atoms with Gasteiger partial charge in [-0.1, -0.05) is 37.3 Å². The van der Waals surface area contributed by atoms with Crippen molar-refractivity contribution in [1.29, 1.82) is 0 Å². The van der Waals surface area contributed by atoms with Crippen molar-refractivity contribution in [2.24, 2.45) is 0 Å². The molecule has 1 aliphatic heterocycles. The van der Waals surface area contributed by atoms with E-state index in [1.807, 2.05) is 6.07 Å². The van der Waals surface area contributed by atoms with Gasteiger partial charge in [-0.05, 0) is 12.0 Å². The second-order valence-electron chi connectivity index (χ2n) is 5.92. The Kier molecular flexibility index (Phi) is 6.55. The molecule has 126 valence electrons. The molecule has 1 aliphatic rings. The van der Waals surface area contributed by atoms with Crippen molar-refractivity contribution in [3.63, 3.8) is 0 Å². The molecule has 1 heterocycles. The Bertz CT molecular complexity index is 521. The van der Waals surface area contributed by atoms with Gasteiger partial charge in [-0.25, -0.2) is 0 Å². The quantitative estimate of drug-likeness (QED) is 0.777. The molecule has 6 nitrogen and oxygen atoms in total. The van der Waals surface area contributed by atoms with Crippen LogP contribution in [0.15, 0.2) is 30.3 Å². The fourth-order valence-corrected chi connectivity index (χ4v) is 2.95. The smallest absolute Gasteiger partial charge is 0.322 e. The van der Waals surface area contributed by atoms with Crippen molar-refractivity contribution < 1.29 is 14.7 Å². The van der Waals surface area contributed by atoms with Crippen LogP contribution >= 0.6 is 0 Å². The minimum atomic E-state index is -1.02. The zero-order valence-corrected chi connectivity index (χ0v) is 13.6. The van der Waals surface area contributed by atoms with Crippen molar-refractivity contribution in [3.8, 4) is 0 Å². The molecule has 6 heteroatoms. The predicted molar refractivity (Wildman–Crippen MR) is 88.0 cm³/mol. The molecule has 23 heavy (non-hydrogen) atoms. The average Bonchev–Trinajstić information content (AvgIpc) is 2.55. The maximum atomic E-state index is 11.8. The number of hydrogen-bond donors (Lipinski definition) is 2. The van der Waals surface area contributed by atoms with Gasteiger partial charge in [0.1, 0.15) is 6.54 Å². The van der Waals surface area contributed by atoms with E-state index in [0.29, 0.717) is 6.04 Å². The molecule has 0 radical (unpaired) electrons. The molecule has 0 aromatic heterocycles. The Balaban J connectivity index is 1.83. The van der Waals surface area contributed by atoms with Gasteiger partial charge in [0.15, 0.2) is 0 Å². The maximum Gasteiger partial charge on any atom is 0.322 e. The average molecular weight is 319 g/mol. The highest BCUT2D eigenvalue weighted by Crippen LogP contribution is 2.16. The van der Waals surface area contributed by atoms with Crippen LogP contribution in [-0.2, 0) is 16.1 Å². The van der Waals surface area contributed by atoms with Crippen molar-refractivity contribution in [1.82, 2.24) is 15.1 Å². The molecule has 2 rings (SSSR count). The fourth-order valence-electron chi connectivity index (χ4n) is 2.95. The standard InChI is InChI=1S/C17H25N3O3/c1-2-15-12-19(13-16(21)18-10-17(22)23)8-9-20(15)11-14-6-4-3-5-7-14/h3-7,15H,2,8-13H2,1H3,(H,18,21)(H,22,23). The second kappa shape index (κ2) is 8.64. The van der Waals surface area contributed by atoms with Crippen LogP contribution in [0.5, 0.6) is 0 Å². The van der Waals surface area contributed by atoms with Crippen LogP contribution in [-0.4, -0.2) is 65.5 Å². The molecule has 0 bridgehead atoms. The van der Waals surface area contributed by atoms with Gasteiger partial charge in [0.05, 0.1) is 6.54 Å². The molecular formula is C17H25N3O3. The molecule has 1 aromatic rings. The second-order valence-corrected chi connectivity index (χ2v) is 5.92. The first-order chi connectivity index (χ1) is 11.1. The summed E-state index contributed by atoms with van der Waals surface area (Å²) < 4.78 is 0. The summed E-state index contributed by atoms with van der Waals surface area (Å²) in [6.07, 6.45) is 1.03. The Morgan fingerprint density at radius 1 is 1.26 bits per heavy atom. The van der Waals surface area contributed by atoms with E-state index >= 15 is 0 Å². The number of aliphatic carboxylic acids is 1. The van der Waals surface area contributed by atoms with Gasteiger partial charge in [-0.3, -0.25) is 19.4 Å². The number of carboxylic acid groups (broad SMARTS) is 1. The summed E-state index contributed by atoms with van der Waals surface area (Å²) in [5.41, 5.74) is 1.30. The maximum absolute atomic E-state index is 11.8. The third-order valence-electron chi connectivity index (χ3n) is 4.19. The van der Waals surface area contributed by atoms with Gasteiger partial charge in [-0.2, -0.15) is 0 Å². The fraction of sp³-hybridized carbons (Fsp3) is 0.529.